The molecule has 1 aliphatic carbocycles. The van der Waals surface area contributed by atoms with Gasteiger partial charge < -0.3 is 5.11 Å². The molecule has 21 heavy (non-hydrogen) atoms. The van der Waals surface area contributed by atoms with Crippen molar-refractivity contribution in [2.45, 2.75) is 49.0 Å². The maximum Gasteiger partial charge on any atom is 0.240 e. The summed E-state index contributed by atoms with van der Waals surface area (Å²) in [5.74, 6) is 0.352. The molecule has 2 rings (SSSR count). The average Bonchev–Trinajstić information content (AvgIpc) is 2.86. The standard InChI is InChI=1S/C14H20FNO3S2/c1-2-20-14-5-3-4-13(14)16-21(18,19)11-6-7-12(15)10(8-11)9-17/h6-8,13-14,16-17H,2-5,9H2,1H3. The zero-order chi connectivity index (χ0) is 15.5. The van der Waals surface area contributed by atoms with Gasteiger partial charge in [0.25, 0.3) is 0 Å². The van der Waals surface area contributed by atoms with E-state index >= 15 is 0 Å². The molecular formula is C14H20FNO3S2. The van der Waals surface area contributed by atoms with E-state index in [9.17, 15) is 12.8 Å². The summed E-state index contributed by atoms with van der Waals surface area (Å²) in [7, 11) is -3.69. The minimum atomic E-state index is -3.69. The predicted molar refractivity (Wildman–Crippen MR) is 82.2 cm³/mol. The van der Waals surface area contributed by atoms with Gasteiger partial charge in [-0.3, -0.25) is 0 Å². The van der Waals surface area contributed by atoms with Crippen molar-refractivity contribution in [2.24, 2.45) is 0 Å². The van der Waals surface area contributed by atoms with E-state index < -0.39 is 22.4 Å². The summed E-state index contributed by atoms with van der Waals surface area (Å²) in [6, 6.07) is 3.41. The molecule has 1 fully saturated rings. The van der Waals surface area contributed by atoms with Gasteiger partial charge in [0, 0.05) is 16.9 Å². The van der Waals surface area contributed by atoms with Gasteiger partial charge in [-0.1, -0.05) is 13.3 Å². The molecule has 1 aliphatic rings. The van der Waals surface area contributed by atoms with E-state index in [2.05, 4.69) is 11.6 Å². The number of hydrogen-bond donors (Lipinski definition) is 2. The molecule has 0 amide bonds. The van der Waals surface area contributed by atoms with E-state index in [0.717, 1.165) is 31.1 Å². The molecule has 118 valence electrons. The number of halogens is 1. The Balaban J connectivity index is 2.18. The zero-order valence-electron chi connectivity index (χ0n) is 11.9. The van der Waals surface area contributed by atoms with Crippen LogP contribution in [0.25, 0.3) is 0 Å². The molecule has 2 atom stereocenters. The van der Waals surface area contributed by atoms with Gasteiger partial charge in [-0.15, -0.1) is 0 Å². The first-order valence-corrected chi connectivity index (χ1v) is 9.54. The fourth-order valence-electron chi connectivity index (χ4n) is 2.58. The van der Waals surface area contributed by atoms with Gasteiger partial charge in [0.1, 0.15) is 5.82 Å². The van der Waals surface area contributed by atoms with E-state index in [-0.39, 0.29) is 16.5 Å². The monoisotopic (exact) mass is 333 g/mol. The molecule has 7 heteroatoms. The zero-order valence-corrected chi connectivity index (χ0v) is 13.5. The maximum atomic E-state index is 13.3. The van der Waals surface area contributed by atoms with Crippen molar-refractivity contribution in [1.82, 2.24) is 4.72 Å². The van der Waals surface area contributed by atoms with Crippen LogP contribution >= 0.6 is 11.8 Å². The van der Waals surface area contributed by atoms with E-state index in [1.807, 2.05) is 0 Å². The Morgan fingerprint density at radius 2 is 2.19 bits per heavy atom. The first-order chi connectivity index (χ1) is 9.97. The van der Waals surface area contributed by atoms with Crippen molar-refractivity contribution < 1.29 is 17.9 Å². The van der Waals surface area contributed by atoms with Gasteiger partial charge in [-0.25, -0.2) is 17.5 Å². The van der Waals surface area contributed by atoms with E-state index in [4.69, 9.17) is 5.11 Å². The van der Waals surface area contributed by atoms with Gasteiger partial charge >= 0.3 is 0 Å². The highest BCUT2D eigenvalue weighted by molar-refractivity contribution is 8.00. The van der Waals surface area contributed by atoms with Crippen molar-refractivity contribution >= 4 is 21.8 Å². The average molecular weight is 333 g/mol. The van der Waals surface area contributed by atoms with Gasteiger partial charge in [-0.2, -0.15) is 11.8 Å². The smallest absolute Gasteiger partial charge is 0.240 e. The lowest BCUT2D eigenvalue weighted by molar-refractivity contribution is 0.275. The third kappa shape index (κ3) is 3.97. The Bertz CT molecular complexity index is 592. The minimum Gasteiger partial charge on any atom is -0.392 e. The Morgan fingerprint density at radius 1 is 1.43 bits per heavy atom. The number of benzene rings is 1. The van der Waals surface area contributed by atoms with Crippen molar-refractivity contribution in [3.63, 3.8) is 0 Å². The van der Waals surface area contributed by atoms with Crippen LogP contribution in [0.2, 0.25) is 0 Å². The Hall–Kier alpha value is -0.630. The highest BCUT2D eigenvalue weighted by Crippen LogP contribution is 2.31. The maximum absolute atomic E-state index is 13.3. The quantitative estimate of drug-likeness (QED) is 0.838. The van der Waals surface area contributed by atoms with Crippen LogP contribution in [0.4, 0.5) is 4.39 Å². The number of nitrogens with one attached hydrogen (secondary N) is 1. The van der Waals surface area contributed by atoms with Crippen LogP contribution in [0.15, 0.2) is 23.1 Å². The number of sulfonamides is 1. The second kappa shape index (κ2) is 7.09. The highest BCUT2D eigenvalue weighted by Gasteiger charge is 2.31. The molecule has 1 aromatic rings. The van der Waals surface area contributed by atoms with Crippen molar-refractivity contribution in [1.29, 1.82) is 0 Å². The molecule has 0 saturated heterocycles. The third-order valence-corrected chi connectivity index (χ3v) is 6.45. The Kier molecular flexibility index (Phi) is 5.65. The predicted octanol–water partition coefficient (Wildman–Crippen LogP) is 2.27. The molecular weight excluding hydrogens is 313 g/mol. The number of thioether (sulfide) groups is 1. The molecule has 0 bridgehead atoms. The van der Waals surface area contributed by atoms with Crippen LogP contribution in [0.1, 0.15) is 31.7 Å². The lowest BCUT2D eigenvalue weighted by Gasteiger charge is -2.20. The SMILES string of the molecule is CCSC1CCCC1NS(=O)(=O)c1ccc(F)c(CO)c1. The van der Waals surface area contributed by atoms with Crippen molar-refractivity contribution in [3.8, 4) is 0 Å². The summed E-state index contributed by atoms with van der Waals surface area (Å²) in [5.41, 5.74) is -0.0104. The summed E-state index contributed by atoms with van der Waals surface area (Å²) in [6.07, 6.45) is 2.85. The number of aliphatic hydroxyl groups excluding tert-OH is 1. The van der Waals surface area contributed by atoms with Crippen LogP contribution in [0, 0.1) is 5.82 Å². The first kappa shape index (κ1) is 16.7. The highest BCUT2D eigenvalue weighted by atomic mass is 32.2. The topological polar surface area (TPSA) is 66.4 Å². The summed E-state index contributed by atoms with van der Waals surface area (Å²) >= 11 is 1.77. The fraction of sp³-hybridized carbons (Fsp3) is 0.571. The van der Waals surface area contributed by atoms with Crippen LogP contribution in [0.3, 0.4) is 0 Å². The summed E-state index contributed by atoms with van der Waals surface area (Å²) in [5, 5.41) is 9.34. The lowest BCUT2D eigenvalue weighted by atomic mass is 10.2. The van der Waals surface area contributed by atoms with E-state index in [1.54, 1.807) is 11.8 Å². The van der Waals surface area contributed by atoms with Gasteiger partial charge in [-0.05, 0) is 36.8 Å². The second-order valence-electron chi connectivity index (χ2n) is 5.06. The normalized spacial score (nSPS) is 22.6. The summed E-state index contributed by atoms with van der Waals surface area (Å²) in [4.78, 5) is 0.0000912. The minimum absolute atomic E-state index is 0.0000912. The second-order valence-corrected chi connectivity index (χ2v) is 8.29. The van der Waals surface area contributed by atoms with Crippen LogP contribution in [0.5, 0.6) is 0 Å². The Morgan fingerprint density at radius 3 is 2.86 bits per heavy atom. The molecule has 0 aromatic heterocycles. The molecule has 2 N–H and O–H groups in total. The van der Waals surface area contributed by atoms with Gasteiger partial charge in [0.15, 0.2) is 0 Å². The number of rotatable bonds is 6. The van der Waals surface area contributed by atoms with Gasteiger partial charge in [0.2, 0.25) is 10.0 Å². The lowest BCUT2D eigenvalue weighted by Crippen LogP contribution is -2.38. The first-order valence-electron chi connectivity index (χ1n) is 7.01. The molecule has 0 heterocycles. The molecule has 1 saturated carbocycles. The largest absolute Gasteiger partial charge is 0.392 e. The van der Waals surface area contributed by atoms with Crippen LogP contribution in [-0.2, 0) is 16.6 Å². The van der Waals surface area contributed by atoms with E-state index in [0.29, 0.717) is 5.25 Å². The summed E-state index contributed by atoms with van der Waals surface area (Å²) < 4.78 is 40.9. The molecule has 1 aromatic carbocycles. The molecule has 2 unspecified atom stereocenters. The van der Waals surface area contributed by atoms with E-state index in [1.165, 1.54) is 12.1 Å². The molecule has 0 aliphatic heterocycles. The number of hydrogen-bond acceptors (Lipinski definition) is 4. The van der Waals surface area contributed by atoms with Crippen molar-refractivity contribution in [2.75, 3.05) is 5.75 Å². The fourth-order valence-corrected chi connectivity index (χ4v) is 5.23. The van der Waals surface area contributed by atoms with Crippen LogP contribution < -0.4 is 4.72 Å². The molecule has 0 spiro atoms. The molecule has 4 nitrogen and oxygen atoms in total. The van der Waals surface area contributed by atoms with Crippen LogP contribution in [-0.4, -0.2) is 30.6 Å². The van der Waals surface area contributed by atoms with Gasteiger partial charge in [0.05, 0.1) is 11.5 Å². The number of aliphatic hydroxyl groups is 1. The summed E-state index contributed by atoms with van der Waals surface area (Å²) in [6.45, 7) is 1.54. The molecule has 0 radical (unpaired) electrons. The third-order valence-electron chi connectivity index (χ3n) is 3.64. The Labute approximate surface area is 129 Å². The van der Waals surface area contributed by atoms with Crippen molar-refractivity contribution in [3.05, 3.63) is 29.6 Å².